The zero-order valence-electron chi connectivity index (χ0n) is 12.4. The maximum absolute atomic E-state index is 12.1. The standard InChI is InChI=1S/C17H14ClN3O2/c1-2-11-3-9-14(10-4-11)19-15(22)17-21-20-16(23-17)12-5-7-13(18)8-6-12/h3-10H,2H2,1H3,(H,19,22). The van der Waals surface area contributed by atoms with Crippen molar-refractivity contribution in [2.24, 2.45) is 0 Å². The molecule has 0 atom stereocenters. The third-order valence-corrected chi connectivity index (χ3v) is 3.58. The Morgan fingerprint density at radius 3 is 2.43 bits per heavy atom. The quantitative estimate of drug-likeness (QED) is 0.779. The van der Waals surface area contributed by atoms with Gasteiger partial charge in [-0.2, -0.15) is 0 Å². The number of nitrogens with zero attached hydrogens (tertiary/aromatic N) is 2. The fourth-order valence-electron chi connectivity index (χ4n) is 2.03. The molecule has 3 rings (SSSR count). The smallest absolute Gasteiger partial charge is 0.313 e. The molecule has 1 N–H and O–H groups in total. The largest absolute Gasteiger partial charge is 0.412 e. The van der Waals surface area contributed by atoms with Crippen LogP contribution in [0, 0.1) is 0 Å². The first kappa shape index (κ1) is 15.2. The van der Waals surface area contributed by atoms with Crippen LogP contribution in [0.15, 0.2) is 52.9 Å². The lowest BCUT2D eigenvalue weighted by Crippen LogP contribution is -2.12. The molecule has 0 radical (unpaired) electrons. The first-order chi connectivity index (χ1) is 11.2. The maximum Gasteiger partial charge on any atom is 0.313 e. The van der Waals surface area contributed by atoms with Crippen molar-refractivity contribution < 1.29 is 9.21 Å². The van der Waals surface area contributed by atoms with E-state index in [0.717, 1.165) is 6.42 Å². The minimum absolute atomic E-state index is 0.0884. The number of hydrogen-bond donors (Lipinski definition) is 1. The minimum atomic E-state index is -0.443. The molecule has 1 aromatic heterocycles. The number of carbonyl (C=O) groups is 1. The number of nitrogens with one attached hydrogen (secondary N) is 1. The van der Waals surface area contributed by atoms with E-state index in [1.165, 1.54) is 5.56 Å². The van der Waals surface area contributed by atoms with Crippen molar-refractivity contribution >= 4 is 23.2 Å². The Balaban J connectivity index is 1.74. The Morgan fingerprint density at radius 1 is 1.09 bits per heavy atom. The van der Waals surface area contributed by atoms with Gasteiger partial charge in [0.25, 0.3) is 0 Å². The van der Waals surface area contributed by atoms with E-state index >= 15 is 0 Å². The van der Waals surface area contributed by atoms with Crippen molar-refractivity contribution in [3.63, 3.8) is 0 Å². The molecule has 3 aromatic rings. The average Bonchev–Trinajstić information content (AvgIpc) is 3.06. The van der Waals surface area contributed by atoms with Gasteiger partial charge in [0.15, 0.2) is 0 Å². The highest BCUT2D eigenvalue weighted by Gasteiger charge is 2.16. The van der Waals surface area contributed by atoms with Crippen LogP contribution in [0.2, 0.25) is 5.02 Å². The van der Waals surface area contributed by atoms with Gasteiger partial charge >= 0.3 is 11.8 Å². The highest BCUT2D eigenvalue weighted by molar-refractivity contribution is 6.30. The Kier molecular flexibility index (Phi) is 4.39. The van der Waals surface area contributed by atoms with E-state index in [1.807, 2.05) is 24.3 Å². The van der Waals surface area contributed by atoms with E-state index in [1.54, 1.807) is 24.3 Å². The molecule has 6 heteroatoms. The van der Waals surface area contributed by atoms with E-state index in [-0.39, 0.29) is 11.8 Å². The van der Waals surface area contributed by atoms with Crippen molar-refractivity contribution in [2.75, 3.05) is 5.32 Å². The lowest BCUT2D eigenvalue weighted by Gasteiger charge is -2.03. The van der Waals surface area contributed by atoms with Gasteiger partial charge in [-0.3, -0.25) is 4.79 Å². The summed E-state index contributed by atoms with van der Waals surface area (Å²) in [6.45, 7) is 2.07. The lowest BCUT2D eigenvalue weighted by atomic mass is 10.1. The van der Waals surface area contributed by atoms with Gasteiger partial charge in [0.05, 0.1) is 0 Å². The van der Waals surface area contributed by atoms with Gasteiger partial charge in [-0.15, -0.1) is 10.2 Å². The Bertz CT molecular complexity index is 811. The molecule has 2 aromatic carbocycles. The van der Waals surface area contributed by atoms with Crippen LogP contribution in [0.4, 0.5) is 5.69 Å². The van der Waals surface area contributed by atoms with Gasteiger partial charge in [-0.1, -0.05) is 30.7 Å². The number of hydrogen-bond acceptors (Lipinski definition) is 4. The summed E-state index contributed by atoms with van der Waals surface area (Å²) >= 11 is 5.84. The van der Waals surface area contributed by atoms with Crippen LogP contribution in [0.3, 0.4) is 0 Å². The minimum Gasteiger partial charge on any atom is -0.412 e. The molecule has 0 aliphatic heterocycles. The Morgan fingerprint density at radius 2 is 1.78 bits per heavy atom. The average molecular weight is 328 g/mol. The van der Waals surface area contributed by atoms with Crippen LogP contribution in [-0.2, 0) is 6.42 Å². The number of carbonyl (C=O) groups excluding carboxylic acids is 1. The molecule has 0 unspecified atom stereocenters. The topological polar surface area (TPSA) is 68.0 Å². The number of rotatable bonds is 4. The van der Waals surface area contributed by atoms with Crippen molar-refractivity contribution in [2.45, 2.75) is 13.3 Å². The number of benzene rings is 2. The second-order valence-corrected chi connectivity index (χ2v) is 5.36. The molecule has 0 bridgehead atoms. The number of aromatic nitrogens is 2. The normalized spacial score (nSPS) is 10.5. The van der Waals surface area contributed by atoms with E-state index in [2.05, 4.69) is 22.4 Å². The van der Waals surface area contributed by atoms with E-state index in [0.29, 0.717) is 16.3 Å². The van der Waals surface area contributed by atoms with Crippen LogP contribution in [0.1, 0.15) is 23.2 Å². The lowest BCUT2D eigenvalue weighted by molar-refractivity contribution is 0.0991. The van der Waals surface area contributed by atoms with Crippen LogP contribution in [0.5, 0.6) is 0 Å². The summed E-state index contributed by atoms with van der Waals surface area (Å²) in [4.78, 5) is 12.1. The highest BCUT2D eigenvalue weighted by Crippen LogP contribution is 2.20. The molecule has 0 saturated heterocycles. The molecule has 0 aliphatic rings. The summed E-state index contributed by atoms with van der Waals surface area (Å²) in [5.41, 5.74) is 2.58. The second-order valence-electron chi connectivity index (χ2n) is 4.92. The fraction of sp³-hybridized carbons (Fsp3) is 0.118. The van der Waals surface area contributed by atoms with Gasteiger partial charge in [-0.25, -0.2) is 0 Å². The van der Waals surface area contributed by atoms with E-state index in [4.69, 9.17) is 16.0 Å². The number of amides is 1. The van der Waals surface area contributed by atoms with E-state index in [9.17, 15) is 4.79 Å². The van der Waals surface area contributed by atoms with Crippen molar-refractivity contribution in [3.8, 4) is 11.5 Å². The molecule has 1 heterocycles. The van der Waals surface area contributed by atoms with Gasteiger partial charge in [0, 0.05) is 16.3 Å². The van der Waals surface area contributed by atoms with Crippen molar-refractivity contribution in [1.82, 2.24) is 10.2 Å². The third-order valence-electron chi connectivity index (χ3n) is 3.33. The van der Waals surface area contributed by atoms with Crippen molar-refractivity contribution in [1.29, 1.82) is 0 Å². The molecular formula is C17H14ClN3O2. The second kappa shape index (κ2) is 6.62. The Labute approximate surface area is 138 Å². The fourth-order valence-corrected chi connectivity index (χ4v) is 2.16. The monoisotopic (exact) mass is 327 g/mol. The molecule has 0 fully saturated rings. The van der Waals surface area contributed by atoms with Crippen LogP contribution in [0.25, 0.3) is 11.5 Å². The van der Waals surface area contributed by atoms with Crippen LogP contribution < -0.4 is 5.32 Å². The predicted molar refractivity (Wildman–Crippen MR) is 88.5 cm³/mol. The molecule has 0 spiro atoms. The number of anilines is 1. The molecule has 23 heavy (non-hydrogen) atoms. The predicted octanol–water partition coefficient (Wildman–Crippen LogP) is 4.20. The first-order valence-electron chi connectivity index (χ1n) is 7.15. The summed E-state index contributed by atoms with van der Waals surface area (Å²) < 4.78 is 5.41. The SMILES string of the molecule is CCc1ccc(NC(=O)c2nnc(-c3ccc(Cl)cc3)o2)cc1. The number of halogens is 1. The molecule has 0 saturated carbocycles. The highest BCUT2D eigenvalue weighted by atomic mass is 35.5. The maximum atomic E-state index is 12.1. The summed E-state index contributed by atoms with van der Waals surface area (Å²) in [6, 6.07) is 14.5. The zero-order chi connectivity index (χ0) is 16.2. The summed E-state index contributed by atoms with van der Waals surface area (Å²) in [7, 11) is 0. The zero-order valence-corrected chi connectivity index (χ0v) is 13.2. The van der Waals surface area contributed by atoms with Gasteiger partial charge in [0.2, 0.25) is 5.89 Å². The summed E-state index contributed by atoms with van der Waals surface area (Å²) in [6.07, 6.45) is 0.947. The molecule has 1 amide bonds. The van der Waals surface area contributed by atoms with Gasteiger partial charge < -0.3 is 9.73 Å². The Hall–Kier alpha value is -2.66. The van der Waals surface area contributed by atoms with Gasteiger partial charge in [0.1, 0.15) is 0 Å². The third kappa shape index (κ3) is 3.57. The molecule has 116 valence electrons. The van der Waals surface area contributed by atoms with Crippen LogP contribution >= 0.6 is 11.6 Å². The van der Waals surface area contributed by atoms with E-state index < -0.39 is 5.91 Å². The molecular weight excluding hydrogens is 314 g/mol. The summed E-state index contributed by atoms with van der Waals surface area (Å²) in [5, 5.41) is 11.0. The number of aryl methyl sites for hydroxylation is 1. The van der Waals surface area contributed by atoms with Crippen molar-refractivity contribution in [3.05, 3.63) is 65.0 Å². The summed E-state index contributed by atoms with van der Waals surface area (Å²) in [5.74, 6) is -0.260. The van der Waals surface area contributed by atoms with Gasteiger partial charge in [-0.05, 0) is 48.4 Å². The molecule has 0 aliphatic carbocycles. The first-order valence-corrected chi connectivity index (χ1v) is 7.53. The van der Waals surface area contributed by atoms with Crippen LogP contribution in [-0.4, -0.2) is 16.1 Å². The molecule has 5 nitrogen and oxygen atoms in total.